The smallest absolute Gasteiger partial charge is 0.233 e. The van der Waals surface area contributed by atoms with Crippen LogP contribution >= 0.6 is 11.8 Å². The van der Waals surface area contributed by atoms with Gasteiger partial charge in [-0.25, -0.2) is 4.98 Å². The molecule has 0 atom stereocenters. The molecule has 0 aromatic carbocycles. The number of H-pyrrole nitrogens is 1. The van der Waals surface area contributed by atoms with Crippen molar-refractivity contribution in [2.24, 2.45) is 0 Å². The van der Waals surface area contributed by atoms with E-state index in [2.05, 4.69) is 21.8 Å². The quantitative estimate of drug-likeness (QED) is 0.619. The number of rotatable bonds is 6. The fourth-order valence-electron chi connectivity index (χ4n) is 1.31. The van der Waals surface area contributed by atoms with Gasteiger partial charge >= 0.3 is 0 Å². The largest absolute Gasteiger partial charge is 0.338 e. The lowest BCUT2D eigenvalue weighted by molar-refractivity contribution is -0.127. The molecule has 1 aromatic heterocycles. The van der Waals surface area contributed by atoms with E-state index >= 15 is 0 Å². The minimum Gasteiger partial charge on any atom is -0.338 e. The van der Waals surface area contributed by atoms with E-state index in [0.29, 0.717) is 24.0 Å². The molecule has 1 N–H and O–H groups in total. The van der Waals surface area contributed by atoms with Crippen LogP contribution in [0.4, 0.5) is 0 Å². The maximum absolute atomic E-state index is 11.9. The lowest BCUT2D eigenvalue weighted by atomic mass is 10.3. The van der Waals surface area contributed by atoms with Crippen molar-refractivity contribution in [3.8, 4) is 0 Å². The Morgan fingerprint density at radius 2 is 2.29 bits per heavy atom. The number of thioether (sulfide) groups is 1. The van der Waals surface area contributed by atoms with E-state index < -0.39 is 0 Å². The average molecular weight is 254 g/mol. The molecular weight excluding hydrogens is 236 g/mol. The zero-order valence-corrected chi connectivity index (χ0v) is 11.3. The van der Waals surface area contributed by atoms with Crippen molar-refractivity contribution < 1.29 is 4.79 Å². The number of nitrogens with one attached hydrogen (secondary N) is 1. The van der Waals surface area contributed by atoms with E-state index in [9.17, 15) is 4.79 Å². The van der Waals surface area contributed by atoms with Gasteiger partial charge < -0.3 is 4.90 Å². The van der Waals surface area contributed by atoms with Gasteiger partial charge in [0.1, 0.15) is 5.82 Å². The molecule has 1 amide bonds. The Kier molecular flexibility index (Phi) is 5.21. The second-order valence-electron chi connectivity index (χ2n) is 3.86. The molecule has 0 radical (unpaired) electrons. The Bertz CT molecular complexity index is 402. The van der Waals surface area contributed by atoms with Crippen LogP contribution < -0.4 is 0 Å². The molecule has 0 unspecified atom stereocenters. The second-order valence-corrected chi connectivity index (χ2v) is 4.80. The molecule has 94 valence electrons. The molecule has 6 heteroatoms. The molecule has 0 aliphatic heterocycles. The molecule has 0 saturated heterocycles. The number of hydrogen-bond donors (Lipinski definition) is 1. The number of aromatic nitrogens is 3. The van der Waals surface area contributed by atoms with Gasteiger partial charge in [-0.3, -0.25) is 9.89 Å². The fraction of sp³-hybridized carbons (Fsp3) is 0.545. The minimum absolute atomic E-state index is 0.0861. The maximum Gasteiger partial charge on any atom is 0.233 e. The van der Waals surface area contributed by atoms with Crippen LogP contribution in [0.2, 0.25) is 0 Å². The Labute approximate surface area is 106 Å². The number of aromatic amines is 1. The van der Waals surface area contributed by atoms with Crippen LogP contribution in [0, 0.1) is 6.92 Å². The first-order valence-electron chi connectivity index (χ1n) is 5.47. The van der Waals surface area contributed by atoms with Gasteiger partial charge in [-0.15, -0.1) is 5.10 Å². The third kappa shape index (κ3) is 4.60. The van der Waals surface area contributed by atoms with Crippen LogP contribution in [-0.4, -0.2) is 44.8 Å². The molecule has 5 nitrogen and oxygen atoms in total. The number of likely N-dealkylation sites (N-methyl/N-ethyl adjacent to an activating group) is 1. The first-order valence-corrected chi connectivity index (χ1v) is 6.45. The van der Waals surface area contributed by atoms with E-state index in [1.807, 2.05) is 20.8 Å². The molecule has 1 rings (SSSR count). The molecule has 0 bridgehead atoms. The summed E-state index contributed by atoms with van der Waals surface area (Å²) in [5, 5.41) is 7.33. The fourth-order valence-corrected chi connectivity index (χ4v) is 2.05. The Morgan fingerprint density at radius 3 is 2.76 bits per heavy atom. The van der Waals surface area contributed by atoms with Crippen LogP contribution in [-0.2, 0) is 4.79 Å². The number of carbonyl (C=O) groups excluding carboxylic acids is 1. The van der Waals surface area contributed by atoms with Crippen molar-refractivity contribution in [1.29, 1.82) is 0 Å². The number of amides is 1. The summed E-state index contributed by atoms with van der Waals surface area (Å²) in [5.74, 6) is 1.20. The third-order valence-corrected chi connectivity index (χ3v) is 2.93. The molecule has 1 aromatic rings. The molecular formula is C11H18N4OS. The zero-order valence-electron chi connectivity index (χ0n) is 10.5. The lowest BCUT2D eigenvalue weighted by Crippen LogP contribution is -2.33. The van der Waals surface area contributed by atoms with Crippen molar-refractivity contribution in [3.05, 3.63) is 18.0 Å². The Balaban J connectivity index is 2.44. The first kappa shape index (κ1) is 13.8. The summed E-state index contributed by atoms with van der Waals surface area (Å²) in [5.41, 5.74) is 0.985. The third-order valence-electron chi connectivity index (χ3n) is 2.10. The summed E-state index contributed by atoms with van der Waals surface area (Å²) < 4.78 is 0. The molecule has 0 saturated carbocycles. The van der Waals surface area contributed by atoms with Gasteiger partial charge in [0.25, 0.3) is 0 Å². The summed E-state index contributed by atoms with van der Waals surface area (Å²) in [6.45, 7) is 10.8. The number of nitrogens with zero attached hydrogens (tertiary/aromatic N) is 3. The number of carbonyl (C=O) groups is 1. The molecule has 0 aliphatic rings. The first-order chi connectivity index (χ1) is 8.02. The van der Waals surface area contributed by atoms with Gasteiger partial charge in [0.05, 0.1) is 5.75 Å². The van der Waals surface area contributed by atoms with Crippen molar-refractivity contribution >= 4 is 17.7 Å². The molecule has 17 heavy (non-hydrogen) atoms. The Hall–Kier alpha value is -1.30. The summed E-state index contributed by atoms with van der Waals surface area (Å²) in [6.07, 6.45) is 0. The lowest BCUT2D eigenvalue weighted by Gasteiger charge is -2.20. The van der Waals surface area contributed by atoms with Crippen LogP contribution in [0.3, 0.4) is 0 Å². The van der Waals surface area contributed by atoms with Crippen molar-refractivity contribution in [2.45, 2.75) is 25.9 Å². The topological polar surface area (TPSA) is 61.9 Å². The van der Waals surface area contributed by atoms with Gasteiger partial charge in [-0.2, -0.15) is 0 Å². The normalized spacial score (nSPS) is 10.3. The zero-order chi connectivity index (χ0) is 12.8. The molecule has 0 spiro atoms. The van der Waals surface area contributed by atoms with Gasteiger partial charge in [0, 0.05) is 13.1 Å². The predicted molar refractivity (Wildman–Crippen MR) is 68.9 cm³/mol. The highest BCUT2D eigenvalue weighted by atomic mass is 32.2. The van der Waals surface area contributed by atoms with Gasteiger partial charge in [0.2, 0.25) is 11.1 Å². The summed E-state index contributed by atoms with van der Waals surface area (Å²) >= 11 is 1.35. The van der Waals surface area contributed by atoms with Gasteiger partial charge in [0.15, 0.2) is 0 Å². The number of aryl methyl sites for hydroxylation is 1. The predicted octanol–water partition coefficient (Wildman–Crippen LogP) is 1.63. The number of hydrogen-bond acceptors (Lipinski definition) is 4. The van der Waals surface area contributed by atoms with E-state index in [0.717, 1.165) is 11.4 Å². The summed E-state index contributed by atoms with van der Waals surface area (Å²) in [7, 11) is 0. The SMILES string of the molecule is C=C(C)CN(CC)C(=O)CSc1n[nH]c(C)n1. The highest BCUT2D eigenvalue weighted by Crippen LogP contribution is 2.13. The van der Waals surface area contributed by atoms with E-state index in [-0.39, 0.29) is 5.91 Å². The average Bonchev–Trinajstić information content (AvgIpc) is 2.68. The van der Waals surface area contributed by atoms with Crippen molar-refractivity contribution in [3.63, 3.8) is 0 Å². The van der Waals surface area contributed by atoms with E-state index in [1.54, 1.807) is 4.90 Å². The van der Waals surface area contributed by atoms with Crippen molar-refractivity contribution in [1.82, 2.24) is 20.1 Å². The van der Waals surface area contributed by atoms with Crippen LogP contribution in [0.1, 0.15) is 19.7 Å². The second kappa shape index (κ2) is 6.44. The standard InChI is InChI=1S/C11H18N4OS/c1-5-15(6-8(2)3)10(16)7-17-11-12-9(4)13-14-11/h2,5-7H2,1,3-4H3,(H,12,13,14). The van der Waals surface area contributed by atoms with E-state index in [4.69, 9.17) is 0 Å². The highest BCUT2D eigenvalue weighted by molar-refractivity contribution is 7.99. The molecule has 0 aliphatic carbocycles. The van der Waals surface area contributed by atoms with Gasteiger partial charge in [-0.1, -0.05) is 23.9 Å². The van der Waals surface area contributed by atoms with Crippen molar-refractivity contribution in [2.75, 3.05) is 18.8 Å². The van der Waals surface area contributed by atoms with Crippen LogP contribution in [0.5, 0.6) is 0 Å². The minimum atomic E-state index is 0.0861. The summed E-state index contributed by atoms with van der Waals surface area (Å²) in [6, 6.07) is 0. The van der Waals surface area contributed by atoms with E-state index in [1.165, 1.54) is 11.8 Å². The van der Waals surface area contributed by atoms with Crippen LogP contribution in [0.15, 0.2) is 17.3 Å². The summed E-state index contributed by atoms with van der Waals surface area (Å²) in [4.78, 5) is 17.8. The molecule has 0 fully saturated rings. The molecule has 1 heterocycles. The highest BCUT2D eigenvalue weighted by Gasteiger charge is 2.13. The van der Waals surface area contributed by atoms with Crippen LogP contribution in [0.25, 0.3) is 0 Å². The maximum atomic E-state index is 11.9. The monoisotopic (exact) mass is 254 g/mol. The van der Waals surface area contributed by atoms with Gasteiger partial charge in [-0.05, 0) is 20.8 Å². The Morgan fingerprint density at radius 1 is 1.59 bits per heavy atom.